The molecule has 0 radical (unpaired) electrons. The molecule has 1 aromatic carbocycles. The Bertz CT molecular complexity index is 309. The highest BCUT2D eigenvalue weighted by atomic mass is 16.3. The van der Waals surface area contributed by atoms with E-state index in [0.29, 0.717) is 0 Å². The van der Waals surface area contributed by atoms with Crippen molar-refractivity contribution in [3.8, 4) is 0 Å². The fourth-order valence-electron chi connectivity index (χ4n) is 0.927. The molecular formula is C11H12O2. The second-order valence-corrected chi connectivity index (χ2v) is 2.72. The maximum atomic E-state index is 8.79. The molecule has 0 aromatic heterocycles. The largest absolute Gasteiger partial charge is 0.509 e. The van der Waals surface area contributed by atoms with E-state index in [2.05, 4.69) is 6.58 Å². The molecular weight excluding hydrogens is 164 g/mol. The van der Waals surface area contributed by atoms with Gasteiger partial charge >= 0.3 is 0 Å². The molecule has 0 aliphatic carbocycles. The van der Waals surface area contributed by atoms with Gasteiger partial charge in [-0.2, -0.15) is 0 Å². The third kappa shape index (κ3) is 3.13. The molecule has 0 atom stereocenters. The van der Waals surface area contributed by atoms with Gasteiger partial charge in [0.1, 0.15) is 5.76 Å². The van der Waals surface area contributed by atoms with Gasteiger partial charge in [-0.05, 0) is 17.2 Å². The number of allylic oxidation sites excluding steroid dienone is 1. The zero-order chi connectivity index (χ0) is 9.68. The lowest BCUT2D eigenvalue weighted by Crippen LogP contribution is -1.81. The lowest BCUT2D eigenvalue weighted by molar-refractivity contribution is 0.282. The zero-order valence-electron chi connectivity index (χ0n) is 7.27. The van der Waals surface area contributed by atoms with Crippen molar-refractivity contribution in [2.75, 3.05) is 0 Å². The lowest BCUT2D eigenvalue weighted by atomic mass is 10.1. The van der Waals surface area contributed by atoms with Gasteiger partial charge in [0.2, 0.25) is 0 Å². The van der Waals surface area contributed by atoms with E-state index in [-0.39, 0.29) is 12.4 Å². The fourth-order valence-corrected chi connectivity index (χ4v) is 0.927. The summed E-state index contributed by atoms with van der Waals surface area (Å²) >= 11 is 0. The highest BCUT2D eigenvalue weighted by molar-refractivity contribution is 5.51. The average Bonchev–Trinajstić information content (AvgIpc) is 2.15. The van der Waals surface area contributed by atoms with Crippen LogP contribution in [0.5, 0.6) is 0 Å². The SMILES string of the molecule is C=C(O)/C=C/c1ccc(CO)cc1. The first-order valence-corrected chi connectivity index (χ1v) is 3.98. The average molecular weight is 176 g/mol. The Kier molecular flexibility index (Phi) is 3.29. The van der Waals surface area contributed by atoms with Crippen LogP contribution in [-0.4, -0.2) is 10.2 Å². The summed E-state index contributed by atoms with van der Waals surface area (Å²) in [5, 5.41) is 17.6. The highest BCUT2D eigenvalue weighted by Crippen LogP contribution is 2.06. The summed E-state index contributed by atoms with van der Waals surface area (Å²) in [5.74, 6) is 0.0336. The van der Waals surface area contributed by atoms with Crippen molar-refractivity contribution in [1.82, 2.24) is 0 Å². The number of aliphatic hydroxyl groups is 2. The molecule has 0 heterocycles. The van der Waals surface area contributed by atoms with Crippen LogP contribution >= 0.6 is 0 Å². The van der Waals surface area contributed by atoms with Crippen LogP contribution in [-0.2, 0) is 6.61 Å². The molecule has 2 nitrogen and oxygen atoms in total. The summed E-state index contributed by atoms with van der Waals surface area (Å²) in [7, 11) is 0. The van der Waals surface area contributed by atoms with Crippen molar-refractivity contribution in [3.63, 3.8) is 0 Å². The zero-order valence-corrected chi connectivity index (χ0v) is 7.27. The van der Waals surface area contributed by atoms with Crippen molar-refractivity contribution < 1.29 is 10.2 Å². The fraction of sp³-hybridized carbons (Fsp3) is 0.0909. The first kappa shape index (κ1) is 9.55. The van der Waals surface area contributed by atoms with Gasteiger partial charge < -0.3 is 10.2 Å². The van der Waals surface area contributed by atoms with Crippen molar-refractivity contribution in [1.29, 1.82) is 0 Å². The Morgan fingerprint density at radius 3 is 2.38 bits per heavy atom. The van der Waals surface area contributed by atoms with Crippen molar-refractivity contribution in [2.24, 2.45) is 0 Å². The molecule has 0 fully saturated rings. The topological polar surface area (TPSA) is 40.5 Å². The van der Waals surface area contributed by atoms with Crippen molar-refractivity contribution in [3.05, 3.63) is 53.8 Å². The predicted molar refractivity (Wildman–Crippen MR) is 53.2 cm³/mol. The third-order valence-electron chi connectivity index (χ3n) is 1.63. The van der Waals surface area contributed by atoms with E-state index in [0.717, 1.165) is 11.1 Å². The molecule has 68 valence electrons. The van der Waals surface area contributed by atoms with Crippen LogP contribution in [0.15, 0.2) is 42.7 Å². The first-order valence-electron chi connectivity index (χ1n) is 3.98. The van der Waals surface area contributed by atoms with E-state index >= 15 is 0 Å². The third-order valence-corrected chi connectivity index (χ3v) is 1.63. The number of benzene rings is 1. The quantitative estimate of drug-likeness (QED) is 0.548. The second-order valence-electron chi connectivity index (χ2n) is 2.72. The Labute approximate surface area is 77.5 Å². The molecule has 0 saturated heterocycles. The number of hydrogen-bond acceptors (Lipinski definition) is 2. The van der Waals surface area contributed by atoms with E-state index in [1.807, 2.05) is 24.3 Å². The van der Waals surface area contributed by atoms with Crippen LogP contribution in [0.25, 0.3) is 6.08 Å². The summed E-state index contributed by atoms with van der Waals surface area (Å²) in [4.78, 5) is 0. The normalized spacial score (nSPS) is 10.5. The number of aliphatic hydroxyl groups excluding tert-OH is 2. The van der Waals surface area contributed by atoms with Crippen LogP contribution in [0.3, 0.4) is 0 Å². The van der Waals surface area contributed by atoms with Gasteiger partial charge in [-0.3, -0.25) is 0 Å². The smallest absolute Gasteiger partial charge is 0.108 e. The van der Waals surface area contributed by atoms with Gasteiger partial charge in [-0.25, -0.2) is 0 Å². The van der Waals surface area contributed by atoms with E-state index in [1.165, 1.54) is 6.08 Å². The lowest BCUT2D eigenvalue weighted by Gasteiger charge is -1.96. The van der Waals surface area contributed by atoms with Gasteiger partial charge in [0.15, 0.2) is 0 Å². The first-order chi connectivity index (χ1) is 6.22. The summed E-state index contributed by atoms with van der Waals surface area (Å²) in [5.41, 5.74) is 1.84. The van der Waals surface area contributed by atoms with Crippen LogP contribution in [0.1, 0.15) is 11.1 Å². The molecule has 0 aliphatic rings. The van der Waals surface area contributed by atoms with E-state index in [4.69, 9.17) is 10.2 Å². The second kappa shape index (κ2) is 4.48. The van der Waals surface area contributed by atoms with E-state index < -0.39 is 0 Å². The van der Waals surface area contributed by atoms with Crippen LogP contribution in [0, 0.1) is 0 Å². The molecule has 2 N–H and O–H groups in total. The monoisotopic (exact) mass is 176 g/mol. The highest BCUT2D eigenvalue weighted by Gasteiger charge is 1.89. The number of rotatable bonds is 3. The molecule has 0 aliphatic heterocycles. The Morgan fingerprint density at radius 2 is 1.92 bits per heavy atom. The molecule has 13 heavy (non-hydrogen) atoms. The number of hydrogen-bond donors (Lipinski definition) is 2. The maximum absolute atomic E-state index is 8.79. The van der Waals surface area contributed by atoms with Crippen LogP contribution in [0.4, 0.5) is 0 Å². The molecule has 0 saturated carbocycles. The summed E-state index contributed by atoms with van der Waals surface area (Å²) in [6.07, 6.45) is 3.28. The minimum absolute atomic E-state index is 0.0336. The van der Waals surface area contributed by atoms with Gasteiger partial charge in [0.25, 0.3) is 0 Å². The molecule has 1 rings (SSSR count). The Morgan fingerprint density at radius 1 is 1.31 bits per heavy atom. The van der Waals surface area contributed by atoms with Gasteiger partial charge in [0.05, 0.1) is 6.61 Å². The van der Waals surface area contributed by atoms with E-state index in [9.17, 15) is 0 Å². The molecule has 0 bridgehead atoms. The minimum Gasteiger partial charge on any atom is -0.509 e. The minimum atomic E-state index is 0.0336. The Hall–Kier alpha value is -1.54. The van der Waals surface area contributed by atoms with Crippen LogP contribution < -0.4 is 0 Å². The van der Waals surface area contributed by atoms with E-state index in [1.54, 1.807) is 6.08 Å². The van der Waals surface area contributed by atoms with Crippen molar-refractivity contribution >= 4 is 6.08 Å². The summed E-state index contributed by atoms with van der Waals surface area (Å²) in [6.45, 7) is 3.38. The summed E-state index contributed by atoms with van der Waals surface area (Å²) in [6, 6.07) is 7.40. The Balaban J connectivity index is 2.75. The van der Waals surface area contributed by atoms with Gasteiger partial charge in [0, 0.05) is 0 Å². The molecule has 1 aromatic rings. The van der Waals surface area contributed by atoms with Gasteiger partial charge in [-0.1, -0.05) is 36.9 Å². The molecule has 0 spiro atoms. The van der Waals surface area contributed by atoms with Crippen molar-refractivity contribution in [2.45, 2.75) is 6.61 Å². The molecule has 0 unspecified atom stereocenters. The summed E-state index contributed by atoms with van der Waals surface area (Å²) < 4.78 is 0. The molecule has 2 heteroatoms. The van der Waals surface area contributed by atoms with Crippen LogP contribution in [0.2, 0.25) is 0 Å². The predicted octanol–water partition coefficient (Wildman–Crippen LogP) is 2.26. The maximum Gasteiger partial charge on any atom is 0.108 e. The molecule has 0 amide bonds. The standard InChI is InChI=1S/C11H12O2/c1-9(13)2-3-10-4-6-11(8-12)7-5-10/h2-7,12-13H,1,8H2/b3-2+. The van der Waals surface area contributed by atoms with Gasteiger partial charge in [-0.15, -0.1) is 0 Å².